The SMILES string of the molecule is CCNC(=O)c1ccc(N)c(Sc2ncccc2Cl)c1. The average molecular weight is 308 g/mol. The molecule has 0 aliphatic rings. The maximum Gasteiger partial charge on any atom is 0.251 e. The van der Waals surface area contributed by atoms with Crippen LogP contribution in [-0.4, -0.2) is 17.4 Å². The maximum absolute atomic E-state index is 11.8. The Hall–Kier alpha value is -1.72. The molecule has 0 radical (unpaired) electrons. The summed E-state index contributed by atoms with van der Waals surface area (Å²) in [4.78, 5) is 16.8. The van der Waals surface area contributed by atoms with Gasteiger partial charge in [-0.25, -0.2) is 4.98 Å². The highest BCUT2D eigenvalue weighted by Gasteiger charge is 2.10. The van der Waals surface area contributed by atoms with E-state index in [0.717, 1.165) is 4.90 Å². The third-order valence-electron chi connectivity index (χ3n) is 2.54. The first kappa shape index (κ1) is 14.7. The molecule has 104 valence electrons. The summed E-state index contributed by atoms with van der Waals surface area (Å²) >= 11 is 7.42. The van der Waals surface area contributed by atoms with E-state index >= 15 is 0 Å². The minimum atomic E-state index is -0.124. The van der Waals surface area contributed by atoms with Crippen molar-refractivity contribution in [1.29, 1.82) is 0 Å². The summed E-state index contributed by atoms with van der Waals surface area (Å²) in [5.41, 5.74) is 7.09. The molecule has 1 amide bonds. The summed E-state index contributed by atoms with van der Waals surface area (Å²) in [6, 6.07) is 8.69. The van der Waals surface area contributed by atoms with E-state index in [1.165, 1.54) is 11.8 Å². The molecule has 0 saturated carbocycles. The first-order valence-electron chi connectivity index (χ1n) is 6.08. The number of halogens is 1. The van der Waals surface area contributed by atoms with Crippen molar-refractivity contribution < 1.29 is 4.79 Å². The zero-order chi connectivity index (χ0) is 14.5. The number of nitrogen functional groups attached to an aromatic ring is 1. The van der Waals surface area contributed by atoms with Crippen molar-refractivity contribution in [3.8, 4) is 0 Å². The van der Waals surface area contributed by atoms with E-state index in [1.54, 1.807) is 36.5 Å². The van der Waals surface area contributed by atoms with Crippen molar-refractivity contribution >= 4 is 35.0 Å². The van der Waals surface area contributed by atoms with Gasteiger partial charge in [-0.3, -0.25) is 4.79 Å². The molecule has 3 N–H and O–H groups in total. The van der Waals surface area contributed by atoms with E-state index in [4.69, 9.17) is 17.3 Å². The van der Waals surface area contributed by atoms with Crippen molar-refractivity contribution in [3.05, 3.63) is 47.1 Å². The number of hydrogen-bond donors (Lipinski definition) is 2. The number of nitrogens with two attached hydrogens (primary N) is 1. The Morgan fingerprint density at radius 2 is 2.25 bits per heavy atom. The van der Waals surface area contributed by atoms with Crippen molar-refractivity contribution in [1.82, 2.24) is 10.3 Å². The van der Waals surface area contributed by atoms with Gasteiger partial charge >= 0.3 is 0 Å². The molecule has 0 atom stereocenters. The van der Waals surface area contributed by atoms with Crippen LogP contribution in [0.2, 0.25) is 5.02 Å². The molecule has 0 bridgehead atoms. The molecular formula is C14H14ClN3OS. The van der Waals surface area contributed by atoms with Crippen LogP contribution in [0.25, 0.3) is 0 Å². The molecule has 2 aromatic rings. The molecule has 0 spiro atoms. The molecule has 6 heteroatoms. The molecule has 1 aromatic carbocycles. The van der Waals surface area contributed by atoms with Crippen LogP contribution >= 0.6 is 23.4 Å². The van der Waals surface area contributed by atoms with E-state index in [0.29, 0.717) is 27.8 Å². The van der Waals surface area contributed by atoms with Crippen LogP contribution in [0.3, 0.4) is 0 Å². The van der Waals surface area contributed by atoms with Crippen molar-refractivity contribution in [2.75, 3.05) is 12.3 Å². The van der Waals surface area contributed by atoms with Gasteiger partial charge in [-0.1, -0.05) is 23.4 Å². The van der Waals surface area contributed by atoms with Gasteiger partial charge in [0.1, 0.15) is 5.03 Å². The number of hydrogen-bond acceptors (Lipinski definition) is 4. The topological polar surface area (TPSA) is 68.0 Å². The largest absolute Gasteiger partial charge is 0.398 e. The lowest BCUT2D eigenvalue weighted by Crippen LogP contribution is -2.22. The highest BCUT2D eigenvalue weighted by atomic mass is 35.5. The normalized spacial score (nSPS) is 10.3. The Morgan fingerprint density at radius 3 is 2.95 bits per heavy atom. The van der Waals surface area contributed by atoms with Crippen LogP contribution in [0.5, 0.6) is 0 Å². The van der Waals surface area contributed by atoms with Gasteiger partial charge in [-0.05, 0) is 37.3 Å². The van der Waals surface area contributed by atoms with Crippen LogP contribution in [0.4, 0.5) is 5.69 Å². The lowest BCUT2D eigenvalue weighted by molar-refractivity contribution is 0.0955. The zero-order valence-corrected chi connectivity index (χ0v) is 12.5. The number of anilines is 1. The Labute approximate surface area is 126 Å². The van der Waals surface area contributed by atoms with Crippen LogP contribution in [0.1, 0.15) is 17.3 Å². The molecule has 0 unspecified atom stereocenters. The monoisotopic (exact) mass is 307 g/mol. The van der Waals surface area contributed by atoms with Crippen LogP contribution in [-0.2, 0) is 0 Å². The number of nitrogens with one attached hydrogen (secondary N) is 1. The highest BCUT2D eigenvalue weighted by Crippen LogP contribution is 2.35. The van der Waals surface area contributed by atoms with E-state index in [2.05, 4.69) is 10.3 Å². The summed E-state index contributed by atoms with van der Waals surface area (Å²) in [5.74, 6) is -0.124. The molecule has 0 fully saturated rings. The molecule has 4 nitrogen and oxygen atoms in total. The standard InChI is InChI=1S/C14H14ClN3OS/c1-2-17-13(19)9-5-6-11(16)12(8-9)20-14-10(15)4-3-7-18-14/h3-8H,2,16H2,1H3,(H,17,19). The molecule has 1 aromatic heterocycles. The number of amides is 1. The lowest BCUT2D eigenvalue weighted by Gasteiger charge is -2.08. The quantitative estimate of drug-likeness (QED) is 0.851. The number of pyridine rings is 1. The predicted molar refractivity (Wildman–Crippen MR) is 82.2 cm³/mol. The minimum absolute atomic E-state index is 0.124. The van der Waals surface area contributed by atoms with Crippen molar-refractivity contribution in [3.63, 3.8) is 0 Å². The lowest BCUT2D eigenvalue weighted by atomic mass is 10.2. The molecule has 1 heterocycles. The zero-order valence-electron chi connectivity index (χ0n) is 10.9. The number of carbonyl (C=O) groups excluding carboxylic acids is 1. The Bertz CT molecular complexity index is 634. The van der Waals surface area contributed by atoms with E-state index in [-0.39, 0.29) is 5.91 Å². The van der Waals surface area contributed by atoms with Crippen molar-refractivity contribution in [2.45, 2.75) is 16.8 Å². The molecular weight excluding hydrogens is 294 g/mol. The third-order valence-corrected chi connectivity index (χ3v) is 4.05. The van der Waals surface area contributed by atoms with Crippen molar-refractivity contribution in [2.24, 2.45) is 0 Å². The average Bonchev–Trinajstić information content (AvgIpc) is 2.44. The smallest absolute Gasteiger partial charge is 0.251 e. The summed E-state index contributed by atoms with van der Waals surface area (Å²) in [5, 5.41) is 3.97. The molecule has 20 heavy (non-hydrogen) atoms. The Balaban J connectivity index is 2.30. The van der Waals surface area contributed by atoms with Gasteiger partial charge in [0.25, 0.3) is 5.91 Å². The van der Waals surface area contributed by atoms with Gasteiger partial charge in [0.2, 0.25) is 0 Å². The Morgan fingerprint density at radius 1 is 1.45 bits per heavy atom. The minimum Gasteiger partial charge on any atom is -0.398 e. The van der Waals surface area contributed by atoms with Gasteiger partial charge in [0.15, 0.2) is 0 Å². The van der Waals surface area contributed by atoms with Gasteiger partial charge < -0.3 is 11.1 Å². The number of benzene rings is 1. The van der Waals surface area contributed by atoms with E-state index < -0.39 is 0 Å². The first-order valence-corrected chi connectivity index (χ1v) is 7.27. The van der Waals surface area contributed by atoms with Gasteiger partial charge in [-0.2, -0.15) is 0 Å². The number of nitrogens with zero attached hydrogens (tertiary/aromatic N) is 1. The van der Waals surface area contributed by atoms with Crippen LogP contribution < -0.4 is 11.1 Å². The fourth-order valence-corrected chi connectivity index (χ4v) is 2.67. The van der Waals surface area contributed by atoms with Gasteiger partial charge in [0.05, 0.1) is 5.02 Å². The molecule has 0 aliphatic carbocycles. The summed E-state index contributed by atoms with van der Waals surface area (Å²) in [6.07, 6.45) is 1.66. The van der Waals surface area contributed by atoms with E-state index in [1.807, 2.05) is 6.92 Å². The number of rotatable bonds is 4. The third kappa shape index (κ3) is 3.43. The maximum atomic E-state index is 11.8. The second-order valence-corrected chi connectivity index (χ2v) is 5.44. The van der Waals surface area contributed by atoms with Gasteiger partial charge in [-0.15, -0.1) is 0 Å². The van der Waals surface area contributed by atoms with Crippen LogP contribution in [0.15, 0.2) is 46.5 Å². The second kappa shape index (κ2) is 6.63. The summed E-state index contributed by atoms with van der Waals surface area (Å²) in [7, 11) is 0. The van der Waals surface area contributed by atoms with Gasteiger partial charge in [0, 0.05) is 28.9 Å². The first-order chi connectivity index (χ1) is 9.61. The van der Waals surface area contributed by atoms with Crippen LogP contribution in [0, 0.1) is 0 Å². The molecule has 0 saturated heterocycles. The summed E-state index contributed by atoms with van der Waals surface area (Å²) < 4.78 is 0. The number of carbonyl (C=O) groups is 1. The summed E-state index contributed by atoms with van der Waals surface area (Å²) in [6.45, 7) is 2.45. The molecule has 0 aliphatic heterocycles. The fraction of sp³-hybridized carbons (Fsp3) is 0.143. The molecule has 2 rings (SSSR count). The van der Waals surface area contributed by atoms with E-state index in [9.17, 15) is 4.79 Å². The predicted octanol–water partition coefficient (Wildman–Crippen LogP) is 3.22. The number of aromatic nitrogens is 1. The fourth-order valence-electron chi connectivity index (χ4n) is 1.58. The Kier molecular flexibility index (Phi) is 4.87. The second-order valence-electron chi connectivity index (χ2n) is 4.00. The highest BCUT2D eigenvalue weighted by molar-refractivity contribution is 7.99.